The Labute approximate surface area is 118 Å². The molecule has 0 aromatic heterocycles. The number of piperazine rings is 1. The van der Waals surface area contributed by atoms with Crippen molar-refractivity contribution in [1.29, 1.82) is 0 Å². The Morgan fingerprint density at radius 3 is 2.26 bits per heavy atom. The zero-order chi connectivity index (χ0) is 14.0. The quantitative estimate of drug-likeness (QED) is 0.892. The molecule has 2 unspecified atom stereocenters. The predicted molar refractivity (Wildman–Crippen MR) is 84.0 cm³/mol. The van der Waals surface area contributed by atoms with Crippen LogP contribution in [-0.4, -0.2) is 25.2 Å². The molecule has 1 aliphatic rings. The lowest BCUT2D eigenvalue weighted by molar-refractivity contribution is 0.337. The van der Waals surface area contributed by atoms with Crippen molar-refractivity contribution in [3.8, 4) is 0 Å². The molecular weight excluding hydrogens is 232 g/mol. The highest BCUT2D eigenvalue weighted by atomic mass is 15.2. The molecule has 1 aliphatic heterocycles. The zero-order valence-electron chi connectivity index (χ0n) is 13.0. The average Bonchev–Trinajstić information content (AvgIpc) is 2.39. The Bertz CT molecular complexity index is 394. The van der Waals surface area contributed by atoms with E-state index in [1.807, 2.05) is 0 Å². The van der Waals surface area contributed by atoms with Crippen LogP contribution >= 0.6 is 0 Å². The first-order valence-electron chi connectivity index (χ1n) is 7.59. The van der Waals surface area contributed by atoms with Gasteiger partial charge in [0.15, 0.2) is 0 Å². The molecule has 2 atom stereocenters. The number of anilines is 1. The second kappa shape index (κ2) is 5.96. The van der Waals surface area contributed by atoms with Crippen LogP contribution in [0.15, 0.2) is 24.3 Å². The normalized spacial score (nSPS) is 24.3. The van der Waals surface area contributed by atoms with Gasteiger partial charge in [-0.05, 0) is 36.5 Å². The van der Waals surface area contributed by atoms with E-state index < -0.39 is 0 Å². The minimum absolute atomic E-state index is 0.569. The van der Waals surface area contributed by atoms with Crippen molar-refractivity contribution in [1.82, 2.24) is 5.32 Å². The van der Waals surface area contributed by atoms with E-state index in [1.165, 1.54) is 11.3 Å². The lowest BCUT2D eigenvalue weighted by Crippen LogP contribution is -2.57. The van der Waals surface area contributed by atoms with E-state index in [0.29, 0.717) is 23.9 Å². The third-order valence-electron chi connectivity index (χ3n) is 4.30. The van der Waals surface area contributed by atoms with Crippen molar-refractivity contribution in [2.24, 2.45) is 5.92 Å². The van der Waals surface area contributed by atoms with Crippen LogP contribution < -0.4 is 10.2 Å². The fraction of sp³-hybridized carbons (Fsp3) is 0.647. The molecule has 0 aliphatic carbocycles. The van der Waals surface area contributed by atoms with Gasteiger partial charge in [-0.3, -0.25) is 0 Å². The number of benzene rings is 1. The third-order valence-corrected chi connectivity index (χ3v) is 4.30. The minimum Gasteiger partial charge on any atom is -0.366 e. The minimum atomic E-state index is 0.569. The third kappa shape index (κ3) is 3.30. The first-order chi connectivity index (χ1) is 8.99. The molecular formula is C17H28N2. The van der Waals surface area contributed by atoms with Crippen LogP contribution in [0.1, 0.15) is 46.1 Å². The highest BCUT2D eigenvalue weighted by Gasteiger charge is 2.26. The van der Waals surface area contributed by atoms with Gasteiger partial charge in [-0.25, -0.2) is 0 Å². The largest absolute Gasteiger partial charge is 0.366 e. The van der Waals surface area contributed by atoms with Gasteiger partial charge in [-0.1, -0.05) is 39.8 Å². The summed E-state index contributed by atoms with van der Waals surface area (Å²) < 4.78 is 0. The van der Waals surface area contributed by atoms with Crippen LogP contribution in [0.2, 0.25) is 0 Å². The zero-order valence-corrected chi connectivity index (χ0v) is 13.0. The molecule has 1 saturated heterocycles. The first kappa shape index (κ1) is 14.4. The number of hydrogen-bond donors (Lipinski definition) is 1. The number of nitrogens with zero attached hydrogens (tertiary/aromatic N) is 1. The average molecular weight is 260 g/mol. The highest BCUT2D eigenvalue weighted by molar-refractivity contribution is 5.49. The summed E-state index contributed by atoms with van der Waals surface area (Å²) in [4.78, 5) is 2.55. The van der Waals surface area contributed by atoms with E-state index in [2.05, 4.69) is 69.1 Å². The molecule has 0 bridgehead atoms. The Hall–Kier alpha value is -1.02. The van der Waals surface area contributed by atoms with Gasteiger partial charge in [0.25, 0.3) is 0 Å². The van der Waals surface area contributed by atoms with Crippen molar-refractivity contribution >= 4 is 5.69 Å². The molecule has 2 rings (SSSR count). The lowest BCUT2D eigenvalue weighted by Gasteiger charge is -2.42. The fourth-order valence-corrected chi connectivity index (χ4v) is 2.75. The van der Waals surface area contributed by atoms with Gasteiger partial charge in [-0.2, -0.15) is 0 Å². The van der Waals surface area contributed by atoms with Crippen LogP contribution in [0.4, 0.5) is 5.69 Å². The first-order valence-corrected chi connectivity index (χ1v) is 7.59. The number of nitrogens with one attached hydrogen (secondary N) is 1. The maximum atomic E-state index is 3.66. The van der Waals surface area contributed by atoms with Crippen molar-refractivity contribution < 1.29 is 0 Å². The van der Waals surface area contributed by atoms with Gasteiger partial charge in [-0.15, -0.1) is 0 Å². The monoisotopic (exact) mass is 260 g/mol. The van der Waals surface area contributed by atoms with E-state index >= 15 is 0 Å². The van der Waals surface area contributed by atoms with Crippen molar-refractivity contribution in [3.05, 3.63) is 29.8 Å². The molecule has 0 spiro atoms. The predicted octanol–water partition coefficient (Wildman–Crippen LogP) is 3.63. The van der Waals surface area contributed by atoms with Crippen molar-refractivity contribution in [2.75, 3.05) is 18.0 Å². The second-order valence-corrected chi connectivity index (χ2v) is 6.51. The molecule has 1 fully saturated rings. The maximum absolute atomic E-state index is 3.66. The van der Waals surface area contributed by atoms with Crippen LogP contribution in [0.5, 0.6) is 0 Å². The Kier molecular flexibility index (Phi) is 4.51. The molecule has 1 aromatic rings. The van der Waals surface area contributed by atoms with Crippen molar-refractivity contribution in [3.63, 3.8) is 0 Å². The Morgan fingerprint density at radius 2 is 1.74 bits per heavy atom. The van der Waals surface area contributed by atoms with Gasteiger partial charge < -0.3 is 10.2 Å². The maximum Gasteiger partial charge on any atom is 0.0387 e. The summed E-state index contributed by atoms with van der Waals surface area (Å²) in [5, 5.41) is 3.66. The van der Waals surface area contributed by atoms with Gasteiger partial charge in [0.1, 0.15) is 0 Å². The molecule has 0 amide bonds. The molecule has 0 saturated carbocycles. The van der Waals surface area contributed by atoms with Crippen LogP contribution in [0, 0.1) is 5.92 Å². The van der Waals surface area contributed by atoms with Crippen LogP contribution in [-0.2, 0) is 0 Å². The van der Waals surface area contributed by atoms with Gasteiger partial charge in [0.05, 0.1) is 0 Å². The topological polar surface area (TPSA) is 15.3 Å². The Balaban J connectivity index is 2.14. The highest BCUT2D eigenvalue weighted by Crippen LogP contribution is 2.24. The number of hydrogen-bond acceptors (Lipinski definition) is 2. The molecule has 106 valence electrons. The fourth-order valence-electron chi connectivity index (χ4n) is 2.75. The standard InChI is InChI=1S/C17H28N2/c1-12(2)15-6-8-16(9-7-15)19-11-17(13(3)4)18-10-14(19)5/h6-9,12-14,17-18H,10-11H2,1-5H3. The van der Waals surface area contributed by atoms with Crippen LogP contribution in [0.3, 0.4) is 0 Å². The molecule has 2 nitrogen and oxygen atoms in total. The smallest absolute Gasteiger partial charge is 0.0387 e. The van der Waals surface area contributed by atoms with E-state index in [0.717, 1.165) is 13.1 Å². The van der Waals surface area contributed by atoms with Gasteiger partial charge >= 0.3 is 0 Å². The molecule has 1 N–H and O–H groups in total. The summed E-state index contributed by atoms with van der Waals surface area (Å²) >= 11 is 0. The second-order valence-electron chi connectivity index (χ2n) is 6.51. The molecule has 0 radical (unpaired) electrons. The summed E-state index contributed by atoms with van der Waals surface area (Å²) in [6.07, 6.45) is 0. The summed E-state index contributed by atoms with van der Waals surface area (Å²) in [5.74, 6) is 1.29. The summed E-state index contributed by atoms with van der Waals surface area (Å²) in [7, 11) is 0. The van der Waals surface area contributed by atoms with Gasteiger partial charge in [0, 0.05) is 30.9 Å². The summed E-state index contributed by atoms with van der Waals surface area (Å²) in [6.45, 7) is 13.6. The molecule has 19 heavy (non-hydrogen) atoms. The molecule has 2 heteroatoms. The number of rotatable bonds is 3. The summed E-state index contributed by atoms with van der Waals surface area (Å²) in [6, 6.07) is 10.3. The van der Waals surface area contributed by atoms with Crippen LogP contribution in [0.25, 0.3) is 0 Å². The van der Waals surface area contributed by atoms with Gasteiger partial charge in [0.2, 0.25) is 0 Å². The molecule has 1 aromatic carbocycles. The van der Waals surface area contributed by atoms with E-state index in [4.69, 9.17) is 0 Å². The van der Waals surface area contributed by atoms with Crippen molar-refractivity contribution in [2.45, 2.75) is 52.6 Å². The summed E-state index contributed by atoms with van der Waals surface area (Å²) in [5.41, 5.74) is 2.79. The van der Waals surface area contributed by atoms with E-state index in [-0.39, 0.29) is 0 Å². The van der Waals surface area contributed by atoms with E-state index in [1.54, 1.807) is 0 Å². The lowest BCUT2D eigenvalue weighted by atomic mass is 9.98. The SMILES string of the molecule is CC(C)c1ccc(N2CC(C(C)C)NCC2C)cc1. The Morgan fingerprint density at radius 1 is 1.11 bits per heavy atom. The van der Waals surface area contributed by atoms with E-state index in [9.17, 15) is 0 Å². The molecule has 1 heterocycles.